The van der Waals surface area contributed by atoms with E-state index in [1.807, 2.05) is 71.5 Å². The van der Waals surface area contributed by atoms with Gasteiger partial charge in [-0.05, 0) is 79.3 Å². The number of hydrogen-bond donors (Lipinski definition) is 1. The van der Waals surface area contributed by atoms with Gasteiger partial charge in [-0.1, -0.05) is 35.5 Å². The van der Waals surface area contributed by atoms with Crippen LogP contribution in [0.2, 0.25) is 0 Å². The number of carbonyl (C=O) groups is 1. The highest BCUT2D eigenvalue weighted by molar-refractivity contribution is 5.93. The predicted octanol–water partition coefficient (Wildman–Crippen LogP) is 6.01. The van der Waals surface area contributed by atoms with E-state index in [1.54, 1.807) is 13.2 Å². The normalized spacial score (nSPS) is 12.7. The maximum atomic E-state index is 13.0. The van der Waals surface area contributed by atoms with Gasteiger partial charge in [-0.25, -0.2) is 4.68 Å². The molecule has 1 amide bonds. The SMILES string of the molecule is COc1ccc(-c2nn(-c3ccccc3)cc2CNC(=O)c2cc(-c3ccc4c(c3)CCCC4)on2)cc1. The number of methoxy groups -OCH3 is 1. The van der Waals surface area contributed by atoms with E-state index in [2.05, 4.69) is 22.6 Å². The summed E-state index contributed by atoms with van der Waals surface area (Å²) in [7, 11) is 1.64. The zero-order chi connectivity index (χ0) is 25.9. The van der Waals surface area contributed by atoms with E-state index in [9.17, 15) is 4.79 Å². The van der Waals surface area contributed by atoms with E-state index >= 15 is 0 Å². The minimum absolute atomic E-state index is 0.249. The lowest BCUT2D eigenvalue weighted by Gasteiger charge is -2.15. The first kappa shape index (κ1) is 23.7. The summed E-state index contributed by atoms with van der Waals surface area (Å²) in [5.41, 5.74) is 7.49. The van der Waals surface area contributed by atoms with E-state index in [4.69, 9.17) is 14.4 Å². The first-order valence-electron chi connectivity index (χ1n) is 12.8. The number of hydrogen-bond acceptors (Lipinski definition) is 5. The van der Waals surface area contributed by atoms with Crippen LogP contribution in [-0.2, 0) is 19.4 Å². The number of benzene rings is 3. The van der Waals surface area contributed by atoms with Gasteiger partial charge in [-0.3, -0.25) is 4.79 Å². The average Bonchev–Trinajstić information content (AvgIpc) is 3.65. The van der Waals surface area contributed by atoms with Crippen LogP contribution in [0, 0.1) is 0 Å². The van der Waals surface area contributed by atoms with Crippen molar-refractivity contribution in [3.63, 3.8) is 0 Å². The second kappa shape index (κ2) is 10.4. The standard InChI is InChI=1S/C31H28N4O3/c1-37-27-15-13-22(14-16-27)30-25(20-35(33-30)26-9-3-2-4-10-26)19-32-31(36)28-18-29(38-34-28)24-12-11-21-7-5-6-8-23(21)17-24/h2-4,9-18,20H,5-8,19H2,1H3,(H,32,36). The van der Waals surface area contributed by atoms with Gasteiger partial charge >= 0.3 is 0 Å². The smallest absolute Gasteiger partial charge is 0.273 e. The van der Waals surface area contributed by atoms with Crippen molar-refractivity contribution >= 4 is 5.91 Å². The van der Waals surface area contributed by atoms with Gasteiger partial charge in [-0.15, -0.1) is 0 Å². The molecule has 0 fully saturated rings. The van der Waals surface area contributed by atoms with Crippen molar-refractivity contribution in [2.75, 3.05) is 7.11 Å². The number of aryl methyl sites for hydroxylation is 2. The van der Waals surface area contributed by atoms with Gasteiger partial charge in [0.15, 0.2) is 11.5 Å². The van der Waals surface area contributed by atoms with Crippen molar-refractivity contribution in [1.29, 1.82) is 0 Å². The maximum Gasteiger partial charge on any atom is 0.273 e. The molecule has 0 saturated heterocycles. The van der Waals surface area contributed by atoms with E-state index in [-0.39, 0.29) is 18.1 Å². The lowest BCUT2D eigenvalue weighted by molar-refractivity contribution is 0.0942. The van der Waals surface area contributed by atoms with Crippen molar-refractivity contribution < 1.29 is 14.1 Å². The lowest BCUT2D eigenvalue weighted by Crippen LogP contribution is -2.23. The van der Waals surface area contributed by atoms with Gasteiger partial charge < -0.3 is 14.6 Å². The molecular formula is C31H28N4O3. The van der Waals surface area contributed by atoms with Gasteiger partial charge in [0.05, 0.1) is 18.5 Å². The molecule has 0 saturated carbocycles. The Bertz CT molecular complexity index is 1570. The topological polar surface area (TPSA) is 82.2 Å². The van der Waals surface area contributed by atoms with Crippen LogP contribution in [0.15, 0.2) is 89.6 Å². The molecule has 0 unspecified atom stereocenters. The Labute approximate surface area is 221 Å². The fourth-order valence-corrected chi connectivity index (χ4v) is 4.91. The minimum atomic E-state index is -0.300. The summed E-state index contributed by atoms with van der Waals surface area (Å²) in [6.07, 6.45) is 6.59. The molecule has 2 heterocycles. The third kappa shape index (κ3) is 4.83. The number of amides is 1. The van der Waals surface area contributed by atoms with Crippen LogP contribution in [-0.4, -0.2) is 28.0 Å². The number of nitrogens with one attached hydrogen (secondary N) is 1. The Balaban J connectivity index is 1.22. The van der Waals surface area contributed by atoms with Crippen molar-refractivity contribution in [2.24, 2.45) is 0 Å². The largest absolute Gasteiger partial charge is 0.497 e. The highest BCUT2D eigenvalue weighted by Crippen LogP contribution is 2.29. The third-order valence-corrected chi connectivity index (χ3v) is 6.99. The van der Waals surface area contributed by atoms with Gasteiger partial charge in [0.25, 0.3) is 5.91 Å². The molecule has 0 bridgehead atoms. The fraction of sp³-hybridized carbons (Fsp3) is 0.194. The molecule has 7 heteroatoms. The molecule has 5 aromatic rings. The van der Waals surface area contributed by atoms with Crippen LogP contribution in [0.4, 0.5) is 0 Å². The molecule has 3 aromatic carbocycles. The van der Waals surface area contributed by atoms with Gasteiger partial charge in [-0.2, -0.15) is 5.10 Å². The van der Waals surface area contributed by atoms with E-state index < -0.39 is 0 Å². The van der Waals surface area contributed by atoms with Crippen molar-refractivity contribution in [1.82, 2.24) is 20.3 Å². The van der Waals surface area contributed by atoms with Crippen molar-refractivity contribution in [2.45, 2.75) is 32.2 Å². The monoisotopic (exact) mass is 504 g/mol. The molecule has 7 nitrogen and oxygen atoms in total. The first-order valence-corrected chi connectivity index (χ1v) is 12.8. The van der Waals surface area contributed by atoms with E-state index in [0.717, 1.165) is 46.7 Å². The van der Waals surface area contributed by atoms with Crippen LogP contribution in [0.1, 0.15) is 40.0 Å². The van der Waals surface area contributed by atoms with Gasteiger partial charge in [0, 0.05) is 35.5 Å². The van der Waals surface area contributed by atoms with Crippen LogP contribution < -0.4 is 10.1 Å². The second-order valence-electron chi connectivity index (χ2n) is 9.46. The van der Waals surface area contributed by atoms with Crippen molar-refractivity contribution in [3.05, 3.63) is 107 Å². The molecule has 1 N–H and O–H groups in total. The zero-order valence-corrected chi connectivity index (χ0v) is 21.2. The van der Waals surface area contributed by atoms with E-state index in [0.29, 0.717) is 5.76 Å². The number of carbonyl (C=O) groups excluding carboxylic acids is 1. The number of nitrogens with zero attached hydrogens (tertiary/aromatic N) is 3. The van der Waals surface area contributed by atoms with Crippen LogP contribution in [0.25, 0.3) is 28.3 Å². The average molecular weight is 505 g/mol. The van der Waals surface area contributed by atoms with E-state index in [1.165, 1.54) is 24.0 Å². The summed E-state index contributed by atoms with van der Waals surface area (Å²) in [5, 5.41) is 11.9. The van der Waals surface area contributed by atoms with Crippen LogP contribution >= 0.6 is 0 Å². The fourth-order valence-electron chi connectivity index (χ4n) is 4.91. The molecule has 190 valence electrons. The molecule has 2 aromatic heterocycles. The molecule has 1 aliphatic carbocycles. The molecule has 6 rings (SSSR count). The summed E-state index contributed by atoms with van der Waals surface area (Å²) in [5.74, 6) is 1.07. The number of para-hydroxylation sites is 1. The molecule has 1 aliphatic rings. The molecule has 0 aliphatic heterocycles. The maximum absolute atomic E-state index is 13.0. The van der Waals surface area contributed by atoms with Gasteiger partial charge in [0.1, 0.15) is 5.75 Å². The Hall–Kier alpha value is -4.65. The number of rotatable bonds is 7. The highest BCUT2D eigenvalue weighted by Gasteiger charge is 2.18. The molecule has 38 heavy (non-hydrogen) atoms. The second-order valence-corrected chi connectivity index (χ2v) is 9.46. The minimum Gasteiger partial charge on any atom is -0.497 e. The molecular weight excluding hydrogens is 476 g/mol. The number of ether oxygens (including phenoxy) is 1. The zero-order valence-electron chi connectivity index (χ0n) is 21.2. The summed E-state index contributed by atoms with van der Waals surface area (Å²) in [6.45, 7) is 0.286. The summed E-state index contributed by atoms with van der Waals surface area (Å²) in [4.78, 5) is 13.0. The first-order chi connectivity index (χ1) is 18.7. The molecule has 0 radical (unpaired) electrons. The Morgan fingerprint density at radius 2 is 1.71 bits per heavy atom. The predicted molar refractivity (Wildman–Crippen MR) is 145 cm³/mol. The van der Waals surface area contributed by atoms with Gasteiger partial charge in [0.2, 0.25) is 0 Å². The Morgan fingerprint density at radius 3 is 2.50 bits per heavy atom. The number of fused-ring (bicyclic) bond motifs is 1. The van der Waals surface area contributed by atoms with Crippen LogP contribution in [0.3, 0.4) is 0 Å². The molecule has 0 atom stereocenters. The van der Waals surface area contributed by atoms with Crippen molar-refractivity contribution in [3.8, 4) is 34.0 Å². The third-order valence-electron chi connectivity index (χ3n) is 6.99. The quantitative estimate of drug-likeness (QED) is 0.293. The number of aromatic nitrogens is 3. The Kier molecular flexibility index (Phi) is 6.48. The lowest BCUT2D eigenvalue weighted by atomic mass is 9.90. The van der Waals surface area contributed by atoms with Crippen LogP contribution in [0.5, 0.6) is 5.75 Å². The molecule has 0 spiro atoms. The summed E-state index contributed by atoms with van der Waals surface area (Å²) >= 11 is 0. The highest BCUT2D eigenvalue weighted by atomic mass is 16.5. The summed E-state index contributed by atoms with van der Waals surface area (Å²) in [6, 6.07) is 25.7. The summed E-state index contributed by atoms with van der Waals surface area (Å²) < 4.78 is 12.7. The Morgan fingerprint density at radius 1 is 0.947 bits per heavy atom.